The number of ether oxygens (including phenoxy) is 3. The lowest BCUT2D eigenvalue weighted by molar-refractivity contribution is -0.188. The number of pyridine rings is 1. The third-order valence-electron chi connectivity index (χ3n) is 4.97. The highest BCUT2D eigenvalue weighted by Gasteiger charge is 2.47. The molecule has 2 fully saturated rings. The normalized spacial score (nSPS) is 22.4. The van der Waals surface area contributed by atoms with Crippen LogP contribution in [0.3, 0.4) is 0 Å². The monoisotopic (exact) mass is 340 g/mol. The van der Waals surface area contributed by atoms with Crippen molar-refractivity contribution in [3.63, 3.8) is 0 Å². The first-order chi connectivity index (χ1) is 12.2. The quantitative estimate of drug-likeness (QED) is 0.837. The minimum atomic E-state index is -0.0441. The van der Waals surface area contributed by atoms with Crippen molar-refractivity contribution in [2.24, 2.45) is 0 Å². The van der Waals surface area contributed by atoms with Crippen LogP contribution in [0.15, 0.2) is 48.8 Å². The number of aromatic nitrogens is 1. The van der Waals surface area contributed by atoms with Gasteiger partial charge in [-0.1, -0.05) is 12.1 Å². The van der Waals surface area contributed by atoms with E-state index in [2.05, 4.69) is 22.0 Å². The Labute approximate surface area is 148 Å². The van der Waals surface area contributed by atoms with E-state index in [0.717, 1.165) is 50.6 Å². The summed E-state index contributed by atoms with van der Waals surface area (Å²) in [7, 11) is 1.69. The lowest BCUT2D eigenvalue weighted by Gasteiger charge is -2.53. The number of benzene rings is 1. The van der Waals surface area contributed by atoms with E-state index in [9.17, 15) is 0 Å². The van der Waals surface area contributed by atoms with Gasteiger partial charge < -0.3 is 14.2 Å². The first-order valence-electron chi connectivity index (χ1n) is 8.81. The number of rotatable bonds is 5. The molecule has 0 bridgehead atoms. The Morgan fingerprint density at radius 2 is 2.04 bits per heavy atom. The van der Waals surface area contributed by atoms with Crippen LogP contribution in [-0.2, 0) is 11.3 Å². The van der Waals surface area contributed by atoms with Gasteiger partial charge in [-0.25, -0.2) is 0 Å². The van der Waals surface area contributed by atoms with E-state index in [1.807, 2.05) is 24.3 Å². The highest BCUT2D eigenvalue weighted by molar-refractivity contribution is 5.27. The molecule has 132 valence electrons. The maximum atomic E-state index is 6.12. The highest BCUT2D eigenvalue weighted by Crippen LogP contribution is 2.36. The average molecular weight is 340 g/mol. The lowest BCUT2D eigenvalue weighted by Crippen LogP contribution is -2.65. The maximum Gasteiger partial charge on any atom is 0.138 e. The minimum absolute atomic E-state index is 0.0441. The molecular formula is C20H24N2O3. The fourth-order valence-corrected chi connectivity index (χ4v) is 3.78. The Balaban J connectivity index is 1.30. The smallest absolute Gasteiger partial charge is 0.138 e. The molecule has 5 nitrogen and oxygen atoms in total. The molecule has 2 aliphatic rings. The molecule has 0 saturated carbocycles. The molecule has 2 aromatic rings. The fourth-order valence-electron chi connectivity index (χ4n) is 3.78. The van der Waals surface area contributed by atoms with Crippen LogP contribution in [-0.4, -0.2) is 48.4 Å². The first kappa shape index (κ1) is 16.4. The van der Waals surface area contributed by atoms with Gasteiger partial charge >= 0.3 is 0 Å². The molecule has 2 saturated heterocycles. The third kappa shape index (κ3) is 3.78. The van der Waals surface area contributed by atoms with Crippen molar-refractivity contribution in [3.05, 3.63) is 54.4 Å². The van der Waals surface area contributed by atoms with Crippen LogP contribution in [0.4, 0.5) is 0 Å². The van der Waals surface area contributed by atoms with E-state index in [1.165, 1.54) is 5.56 Å². The van der Waals surface area contributed by atoms with E-state index in [4.69, 9.17) is 14.2 Å². The van der Waals surface area contributed by atoms with E-state index in [-0.39, 0.29) is 11.7 Å². The topological polar surface area (TPSA) is 43.8 Å². The van der Waals surface area contributed by atoms with Gasteiger partial charge in [0.25, 0.3) is 0 Å². The van der Waals surface area contributed by atoms with Crippen LogP contribution in [0, 0.1) is 0 Å². The summed E-state index contributed by atoms with van der Waals surface area (Å²) in [6.07, 6.45) is 5.64. The van der Waals surface area contributed by atoms with Crippen LogP contribution >= 0.6 is 0 Å². The van der Waals surface area contributed by atoms with Gasteiger partial charge in [0.15, 0.2) is 0 Å². The van der Waals surface area contributed by atoms with E-state index < -0.39 is 0 Å². The molecule has 0 aliphatic carbocycles. The first-order valence-corrected chi connectivity index (χ1v) is 8.81. The Morgan fingerprint density at radius 3 is 2.76 bits per heavy atom. The second kappa shape index (κ2) is 7.02. The molecule has 0 amide bonds. The summed E-state index contributed by atoms with van der Waals surface area (Å²) in [6, 6.07) is 12.1. The molecule has 3 heterocycles. The van der Waals surface area contributed by atoms with Crippen molar-refractivity contribution in [2.75, 3.05) is 26.8 Å². The molecule has 0 radical (unpaired) electrons. The molecule has 25 heavy (non-hydrogen) atoms. The van der Waals surface area contributed by atoms with Crippen LogP contribution in [0.2, 0.25) is 0 Å². The lowest BCUT2D eigenvalue weighted by atomic mass is 9.84. The van der Waals surface area contributed by atoms with Crippen LogP contribution in [0.25, 0.3) is 0 Å². The van der Waals surface area contributed by atoms with E-state index in [1.54, 1.807) is 19.5 Å². The van der Waals surface area contributed by atoms with Crippen LogP contribution in [0.1, 0.15) is 18.4 Å². The molecule has 1 atom stereocenters. The van der Waals surface area contributed by atoms with E-state index >= 15 is 0 Å². The van der Waals surface area contributed by atoms with Gasteiger partial charge in [-0.05, 0) is 29.8 Å². The van der Waals surface area contributed by atoms with Crippen molar-refractivity contribution >= 4 is 0 Å². The third-order valence-corrected chi connectivity index (χ3v) is 4.97. The van der Waals surface area contributed by atoms with Gasteiger partial charge in [-0.15, -0.1) is 0 Å². The fraction of sp³-hybridized carbons (Fsp3) is 0.450. The standard InChI is InChI=1S/C20H24N2O3/c1-23-17-6-4-16(5-7-17)13-22-14-20(15-22)11-18(8-10-24-20)25-19-3-2-9-21-12-19/h2-7,9,12,18H,8,10-11,13-15H2,1H3. The number of hydrogen-bond donors (Lipinski definition) is 0. The van der Waals surface area contributed by atoms with Crippen molar-refractivity contribution in [1.82, 2.24) is 9.88 Å². The van der Waals surface area contributed by atoms with Crippen molar-refractivity contribution in [3.8, 4) is 11.5 Å². The zero-order valence-corrected chi connectivity index (χ0v) is 14.6. The SMILES string of the molecule is COc1ccc(CN2CC3(CC(Oc4cccnc4)CCO3)C2)cc1. The van der Waals surface area contributed by atoms with Crippen LogP contribution in [0.5, 0.6) is 11.5 Å². The van der Waals surface area contributed by atoms with Crippen molar-refractivity contribution in [2.45, 2.75) is 31.1 Å². The predicted octanol–water partition coefficient (Wildman–Crippen LogP) is 2.90. The molecule has 1 aromatic carbocycles. The molecule has 1 unspecified atom stereocenters. The molecule has 5 heteroatoms. The van der Waals surface area contributed by atoms with Gasteiger partial charge in [0.05, 0.1) is 25.5 Å². The van der Waals surface area contributed by atoms with Gasteiger partial charge in [0.2, 0.25) is 0 Å². The summed E-state index contributed by atoms with van der Waals surface area (Å²) in [5, 5.41) is 0. The average Bonchev–Trinajstić information content (AvgIpc) is 2.62. The number of nitrogens with zero attached hydrogens (tertiary/aromatic N) is 2. The largest absolute Gasteiger partial charge is 0.497 e. The molecule has 0 N–H and O–H groups in total. The second-order valence-corrected chi connectivity index (χ2v) is 6.95. The Morgan fingerprint density at radius 1 is 1.20 bits per heavy atom. The molecule has 1 aromatic heterocycles. The summed E-state index contributed by atoms with van der Waals surface area (Å²) in [5.74, 6) is 1.74. The summed E-state index contributed by atoms with van der Waals surface area (Å²) in [4.78, 5) is 6.54. The Hall–Kier alpha value is -2.11. The maximum absolute atomic E-state index is 6.12. The minimum Gasteiger partial charge on any atom is -0.497 e. The van der Waals surface area contributed by atoms with Gasteiger partial charge in [0.1, 0.15) is 17.6 Å². The summed E-state index contributed by atoms with van der Waals surface area (Å²) in [5.41, 5.74) is 1.26. The van der Waals surface area contributed by atoms with Crippen LogP contribution < -0.4 is 9.47 Å². The van der Waals surface area contributed by atoms with Crippen molar-refractivity contribution in [1.29, 1.82) is 0 Å². The second-order valence-electron chi connectivity index (χ2n) is 6.95. The molecule has 2 aliphatic heterocycles. The van der Waals surface area contributed by atoms with Gasteiger partial charge in [0, 0.05) is 38.7 Å². The highest BCUT2D eigenvalue weighted by atomic mass is 16.5. The van der Waals surface area contributed by atoms with Crippen molar-refractivity contribution < 1.29 is 14.2 Å². The Bertz CT molecular complexity index is 684. The number of methoxy groups -OCH3 is 1. The molecule has 4 rings (SSSR count). The zero-order chi connectivity index (χ0) is 17.1. The summed E-state index contributed by atoms with van der Waals surface area (Å²) in [6.45, 7) is 3.64. The molecular weight excluding hydrogens is 316 g/mol. The zero-order valence-electron chi connectivity index (χ0n) is 14.6. The van der Waals surface area contributed by atoms with Gasteiger partial charge in [-0.2, -0.15) is 0 Å². The van der Waals surface area contributed by atoms with Gasteiger partial charge in [-0.3, -0.25) is 9.88 Å². The molecule has 1 spiro atoms. The Kier molecular flexibility index (Phi) is 4.59. The summed E-state index contributed by atoms with van der Waals surface area (Å²) < 4.78 is 17.4. The van der Waals surface area contributed by atoms with E-state index in [0.29, 0.717) is 0 Å². The number of likely N-dealkylation sites (tertiary alicyclic amines) is 1. The summed E-state index contributed by atoms with van der Waals surface area (Å²) >= 11 is 0. The predicted molar refractivity (Wildman–Crippen MR) is 94.8 cm³/mol. The number of hydrogen-bond acceptors (Lipinski definition) is 5.